The second-order valence-electron chi connectivity index (χ2n) is 2.88. The third-order valence-corrected chi connectivity index (χ3v) is 1.69. The van der Waals surface area contributed by atoms with Crippen molar-refractivity contribution in [2.75, 3.05) is 0 Å². The maximum Gasteiger partial charge on any atom is 0.224 e. The molecular weight excluding hydrogens is 182 g/mol. The van der Waals surface area contributed by atoms with Crippen molar-refractivity contribution in [2.24, 2.45) is 5.92 Å². The lowest BCUT2D eigenvalue weighted by atomic mass is 10.1. The minimum atomic E-state index is -0.184. The van der Waals surface area contributed by atoms with Crippen LogP contribution in [0, 0.1) is 18.3 Å². The molecule has 0 aromatic carbocycles. The summed E-state index contributed by atoms with van der Waals surface area (Å²) >= 11 is 0. The van der Waals surface area contributed by atoms with Gasteiger partial charge in [0, 0.05) is 12.3 Å². The number of nitrogens with one attached hydrogen (secondary N) is 2. The number of nitrogens with zero attached hydrogens (tertiary/aromatic N) is 3. The van der Waals surface area contributed by atoms with E-state index >= 15 is 0 Å². The molecule has 0 fully saturated rings. The molecule has 0 spiro atoms. The van der Waals surface area contributed by atoms with Crippen molar-refractivity contribution >= 4 is 5.91 Å². The summed E-state index contributed by atoms with van der Waals surface area (Å²) in [5, 5.41) is 15.6. The Hall–Kier alpha value is -1.90. The fourth-order valence-corrected chi connectivity index (χ4v) is 0.868. The minimum Gasteiger partial charge on any atom is -0.348 e. The summed E-state index contributed by atoms with van der Waals surface area (Å²) < 4.78 is 0. The number of H-pyrrole nitrogens is 1. The molecule has 74 valence electrons. The predicted octanol–water partition coefficient (Wildman–Crippen LogP) is -0.525. The summed E-state index contributed by atoms with van der Waals surface area (Å²) in [5.74, 6) is 2.67. The average Bonchev–Trinajstić information content (AvgIpc) is 2.67. The highest BCUT2D eigenvalue weighted by Gasteiger charge is 2.11. The third-order valence-electron chi connectivity index (χ3n) is 1.69. The number of aromatic nitrogens is 4. The second-order valence-corrected chi connectivity index (χ2v) is 2.88. The van der Waals surface area contributed by atoms with Gasteiger partial charge in [-0.2, -0.15) is 0 Å². The van der Waals surface area contributed by atoms with Crippen molar-refractivity contribution < 1.29 is 4.79 Å². The summed E-state index contributed by atoms with van der Waals surface area (Å²) in [6.07, 6.45) is 5.52. The van der Waals surface area contributed by atoms with Crippen molar-refractivity contribution in [3.05, 3.63) is 5.82 Å². The van der Waals surface area contributed by atoms with Crippen molar-refractivity contribution in [1.82, 2.24) is 25.9 Å². The van der Waals surface area contributed by atoms with Gasteiger partial charge in [-0.15, -0.1) is 17.4 Å². The predicted molar refractivity (Wildman–Crippen MR) is 48.6 cm³/mol. The number of hydrogen-bond donors (Lipinski definition) is 2. The highest BCUT2D eigenvalue weighted by atomic mass is 16.1. The second kappa shape index (κ2) is 4.97. The highest BCUT2D eigenvalue weighted by Crippen LogP contribution is 1.99. The normalized spacial score (nSPS) is 11.7. The van der Waals surface area contributed by atoms with Crippen LogP contribution in [0.2, 0.25) is 0 Å². The topological polar surface area (TPSA) is 83.6 Å². The molecule has 0 aliphatic carbocycles. The Morgan fingerprint density at radius 1 is 1.79 bits per heavy atom. The molecule has 1 atom stereocenters. The van der Waals surface area contributed by atoms with Crippen molar-refractivity contribution in [1.29, 1.82) is 0 Å². The summed E-state index contributed by atoms with van der Waals surface area (Å²) in [6.45, 7) is 2.06. The zero-order chi connectivity index (χ0) is 10.4. The first-order valence-corrected chi connectivity index (χ1v) is 4.17. The molecule has 6 nitrogen and oxygen atoms in total. The van der Waals surface area contributed by atoms with Gasteiger partial charge in [0.15, 0.2) is 5.82 Å². The van der Waals surface area contributed by atoms with Gasteiger partial charge >= 0.3 is 0 Å². The molecular formula is C8H11N5O. The highest BCUT2D eigenvalue weighted by molar-refractivity contribution is 5.78. The van der Waals surface area contributed by atoms with E-state index in [4.69, 9.17) is 6.42 Å². The Morgan fingerprint density at radius 2 is 2.57 bits per heavy atom. The Kier molecular flexibility index (Phi) is 3.61. The van der Waals surface area contributed by atoms with Crippen molar-refractivity contribution in [2.45, 2.75) is 19.9 Å². The molecule has 0 unspecified atom stereocenters. The van der Waals surface area contributed by atoms with E-state index < -0.39 is 0 Å². The molecule has 0 aliphatic heterocycles. The SMILES string of the molecule is C#CC[C@H](C)C(=O)NCc1nnn[nH]1. The molecule has 0 aliphatic rings. The van der Waals surface area contributed by atoms with E-state index in [1.807, 2.05) is 0 Å². The summed E-state index contributed by atoms with van der Waals surface area (Å²) in [4.78, 5) is 11.3. The molecule has 2 N–H and O–H groups in total. The third kappa shape index (κ3) is 2.86. The van der Waals surface area contributed by atoms with Crippen LogP contribution in [-0.2, 0) is 11.3 Å². The number of aromatic amines is 1. The summed E-state index contributed by atoms with van der Waals surface area (Å²) in [6, 6.07) is 0. The van der Waals surface area contributed by atoms with Gasteiger partial charge < -0.3 is 5.32 Å². The van der Waals surface area contributed by atoms with E-state index in [0.29, 0.717) is 18.8 Å². The smallest absolute Gasteiger partial charge is 0.224 e. The van der Waals surface area contributed by atoms with Crippen LogP contribution < -0.4 is 5.32 Å². The van der Waals surface area contributed by atoms with Gasteiger partial charge in [0.2, 0.25) is 5.91 Å². The van der Waals surface area contributed by atoms with Crippen LogP contribution in [0.4, 0.5) is 0 Å². The maximum absolute atomic E-state index is 11.3. The molecule has 14 heavy (non-hydrogen) atoms. The Balaban J connectivity index is 2.32. The van der Waals surface area contributed by atoms with E-state index in [1.165, 1.54) is 0 Å². The fraction of sp³-hybridized carbons (Fsp3) is 0.500. The van der Waals surface area contributed by atoms with E-state index in [2.05, 4.69) is 31.9 Å². The molecule has 1 aromatic rings. The van der Waals surface area contributed by atoms with Gasteiger partial charge in [0.25, 0.3) is 0 Å². The minimum absolute atomic E-state index is 0.0978. The van der Waals surface area contributed by atoms with Gasteiger partial charge in [-0.05, 0) is 10.4 Å². The number of tetrazole rings is 1. The van der Waals surface area contributed by atoms with Crippen molar-refractivity contribution in [3.8, 4) is 12.3 Å². The fourth-order valence-electron chi connectivity index (χ4n) is 0.868. The van der Waals surface area contributed by atoms with Gasteiger partial charge in [-0.1, -0.05) is 6.92 Å². The Bertz CT molecular complexity index is 326. The first-order valence-electron chi connectivity index (χ1n) is 4.17. The quantitative estimate of drug-likeness (QED) is 0.630. The number of carbonyl (C=O) groups excluding carboxylic acids is 1. The van der Waals surface area contributed by atoms with Crippen LogP contribution in [0.25, 0.3) is 0 Å². The maximum atomic E-state index is 11.3. The molecule has 1 amide bonds. The lowest BCUT2D eigenvalue weighted by Gasteiger charge is -2.07. The van der Waals surface area contributed by atoms with Gasteiger partial charge in [-0.25, -0.2) is 5.10 Å². The zero-order valence-corrected chi connectivity index (χ0v) is 7.82. The standard InChI is InChI=1S/C8H11N5O/c1-3-4-6(2)8(14)9-5-7-10-12-13-11-7/h1,6H,4-5H2,2H3,(H,9,14)(H,10,11,12,13)/t6-/m0/s1. The van der Waals surface area contributed by atoms with Crippen LogP contribution in [-0.4, -0.2) is 26.5 Å². The molecule has 0 saturated carbocycles. The van der Waals surface area contributed by atoms with Gasteiger partial charge in [0.1, 0.15) is 0 Å². The summed E-state index contributed by atoms with van der Waals surface area (Å²) in [5.41, 5.74) is 0. The van der Waals surface area contributed by atoms with Gasteiger partial charge in [0.05, 0.1) is 6.54 Å². The first-order chi connectivity index (χ1) is 6.74. The van der Waals surface area contributed by atoms with Crippen LogP contribution >= 0.6 is 0 Å². The van der Waals surface area contributed by atoms with E-state index in [9.17, 15) is 4.79 Å². The number of carbonyl (C=O) groups is 1. The largest absolute Gasteiger partial charge is 0.348 e. The molecule has 6 heteroatoms. The lowest BCUT2D eigenvalue weighted by Crippen LogP contribution is -2.28. The number of hydrogen-bond acceptors (Lipinski definition) is 4. The number of amides is 1. The first kappa shape index (κ1) is 10.2. The monoisotopic (exact) mass is 193 g/mol. The Labute approximate surface area is 81.5 Å². The molecule has 0 bridgehead atoms. The zero-order valence-electron chi connectivity index (χ0n) is 7.82. The molecule has 0 radical (unpaired) electrons. The molecule has 1 heterocycles. The number of rotatable bonds is 4. The summed E-state index contributed by atoms with van der Waals surface area (Å²) in [7, 11) is 0. The van der Waals surface area contributed by atoms with E-state index in [0.717, 1.165) is 0 Å². The van der Waals surface area contributed by atoms with E-state index in [-0.39, 0.29) is 11.8 Å². The molecule has 1 rings (SSSR count). The number of terminal acetylenes is 1. The average molecular weight is 193 g/mol. The Morgan fingerprint density at radius 3 is 3.14 bits per heavy atom. The van der Waals surface area contributed by atoms with Gasteiger partial charge in [-0.3, -0.25) is 4.79 Å². The van der Waals surface area contributed by atoms with Crippen LogP contribution in [0.3, 0.4) is 0 Å². The van der Waals surface area contributed by atoms with Crippen LogP contribution in [0.1, 0.15) is 19.2 Å². The van der Waals surface area contributed by atoms with Crippen LogP contribution in [0.15, 0.2) is 0 Å². The van der Waals surface area contributed by atoms with Crippen molar-refractivity contribution in [3.63, 3.8) is 0 Å². The lowest BCUT2D eigenvalue weighted by molar-refractivity contribution is -0.124. The van der Waals surface area contributed by atoms with E-state index in [1.54, 1.807) is 6.92 Å². The molecule has 0 saturated heterocycles. The van der Waals surface area contributed by atoms with Crippen LogP contribution in [0.5, 0.6) is 0 Å². The molecule has 1 aromatic heterocycles.